The van der Waals surface area contributed by atoms with Gasteiger partial charge in [-0.2, -0.15) is 9.50 Å². The molecule has 6 heteroatoms. The lowest BCUT2D eigenvalue weighted by atomic mass is 10.0. The third-order valence-electron chi connectivity index (χ3n) is 4.64. The lowest BCUT2D eigenvalue weighted by molar-refractivity contribution is 0.415. The van der Waals surface area contributed by atoms with Crippen LogP contribution in [0.2, 0.25) is 0 Å². The molecule has 0 aliphatic rings. The number of thiazole rings is 1. The maximum atomic E-state index is 12.8. The topological polar surface area (TPSA) is 56.5 Å². The Hall–Kier alpha value is -3.51. The van der Waals surface area contributed by atoms with Crippen LogP contribution >= 0.6 is 11.3 Å². The molecule has 5 aromatic rings. The zero-order chi connectivity index (χ0) is 19.1. The minimum atomic E-state index is -0.153. The van der Waals surface area contributed by atoms with E-state index < -0.39 is 0 Å². The second-order valence-electron chi connectivity index (χ2n) is 6.34. The molecule has 0 atom stereocenters. The summed E-state index contributed by atoms with van der Waals surface area (Å²) in [5.41, 5.74) is 1.70. The quantitative estimate of drug-likeness (QED) is 0.477. The molecule has 0 saturated heterocycles. The molecule has 0 bridgehead atoms. The predicted molar refractivity (Wildman–Crippen MR) is 112 cm³/mol. The number of benzene rings is 3. The number of nitrogens with zero attached hydrogens (tertiary/aromatic N) is 3. The normalized spacial score (nSPS) is 12.1. The van der Waals surface area contributed by atoms with Crippen molar-refractivity contribution < 1.29 is 4.74 Å². The van der Waals surface area contributed by atoms with E-state index in [4.69, 9.17) is 4.74 Å². The molecule has 5 rings (SSSR count). The largest absolute Gasteiger partial charge is 0.497 e. The molecular weight excluding hydrogens is 370 g/mol. The molecule has 2 heterocycles. The first-order valence-electron chi connectivity index (χ1n) is 8.76. The van der Waals surface area contributed by atoms with Gasteiger partial charge >= 0.3 is 0 Å². The highest BCUT2D eigenvalue weighted by molar-refractivity contribution is 7.15. The first-order valence-corrected chi connectivity index (χ1v) is 9.58. The first kappa shape index (κ1) is 16.6. The van der Waals surface area contributed by atoms with Gasteiger partial charge in [-0.05, 0) is 46.7 Å². The fraction of sp³-hybridized carbons (Fsp3) is 0.0455. The van der Waals surface area contributed by atoms with Gasteiger partial charge in [0.15, 0.2) is 5.82 Å². The van der Waals surface area contributed by atoms with Gasteiger partial charge in [0.2, 0.25) is 4.96 Å². The molecule has 0 fully saturated rings. The summed E-state index contributed by atoms with van der Waals surface area (Å²) < 4.78 is 7.17. The Bertz CT molecular complexity index is 1410. The summed E-state index contributed by atoms with van der Waals surface area (Å²) in [7, 11) is 1.62. The minimum Gasteiger partial charge on any atom is -0.497 e. The Morgan fingerprint density at radius 3 is 2.57 bits per heavy atom. The number of aromatic nitrogens is 3. The standard InChI is InChI=1S/C22H15N3O2S/c1-27-17-11-9-15(10-12-17)20-23-22-25(24-20)21(26)19(28-22)13-16-7-4-6-14-5-2-3-8-18(14)16/h2-13H,1H3/b19-13+. The molecule has 5 nitrogen and oxygen atoms in total. The molecule has 0 spiro atoms. The average Bonchev–Trinajstić information content (AvgIpc) is 3.28. The molecule has 0 saturated carbocycles. The number of rotatable bonds is 3. The fourth-order valence-corrected chi connectivity index (χ4v) is 4.11. The molecular formula is C22H15N3O2S. The number of hydrogen-bond acceptors (Lipinski definition) is 5. The number of fused-ring (bicyclic) bond motifs is 2. The summed E-state index contributed by atoms with van der Waals surface area (Å²) >= 11 is 1.35. The average molecular weight is 385 g/mol. The maximum absolute atomic E-state index is 12.8. The van der Waals surface area contributed by atoms with E-state index in [0.29, 0.717) is 15.3 Å². The second-order valence-corrected chi connectivity index (χ2v) is 7.35. The van der Waals surface area contributed by atoms with E-state index in [1.54, 1.807) is 7.11 Å². The van der Waals surface area contributed by atoms with Crippen molar-refractivity contribution in [3.63, 3.8) is 0 Å². The molecule has 0 aliphatic heterocycles. The summed E-state index contributed by atoms with van der Waals surface area (Å²) in [6, 6.07) is 21.7. The molecule has 0 N–H and O–H groups in total. The van der Waals surface area contributed by atoms with Crippen molar-refractivity contribution in [2.75, 3.05) is 7.11 Å². The molecule has 0 amide bonds. The Labute approximate surface area is 164 Å². The molecule has 2 aromatic heterocycles. The lowest BCUT2D eigenvalue weighted by Gasteiger charge is -2.00. The Morgan fingerprint density at radius 2 is 1.79 bits per heavy atom. The van der Waals surface area contributed by atoms with Crippen molar-refractivity contribution in [2.24, 2.45) is 0 Å². The van der Waals surface area contributed by atoms with Gasteiger partial charge < -0.3 is 4.74 Å². The van der Waals surface area contributed by atoms with Crippen LogP contribution in [0.15, 0.2) is 71.5 Å². The van der Waals surface area contributed by atoms with Crippen molar-refractivity contribution in [2.45, 2.75) is 0 Å². The lowest BCUT2D eigenvalue weighted by Crippen LogP contribution is -2.23. The molecule has 0 radical (unpaired) electrons. The van der Waals surface area contributed by atoms with Crippen LogP contribution in [-0.4, -0.2) is 21.7 Å². The summed E-state index contributed by atoms with van der Waals surface area (Å²) in [5.74, 6) is 1.30. The van der Waals surface area contributed by atoms with Crippen LogP contribution in [0.3, 0.4) is 0 Å². The summed E-state index contributed by atoms with van der Waals surface area (Å²) in [6.07, 6.45) is 1.92. The van der Waals surface area contributed by atoms with E-state index in [1.807, 2.05) is 54.6 Å². The highest BCUT2D eigenvalue weighted by Gasteiger charge is 2.12. The van der Waals surface area contributed by atoms with E-state index in [0.717, 1.165) is 27.6 Å². The maximum Gasteiger partial charge on any atom is 0.291 e. The van der Waals surface area contributed by atoms with Gasteiger partial charge in [-0.15, -0.1) is 5.10 Å². The van der Waals surface area contributed by atoms with Gasteiger partial charge in [0.05, 0.1) is 11.6 Å². The van der Waals surface area contributed by atoms with Gasteiger partial charge in [0, 0.05) is 5.56 Å². The highest BCUT2D eigenvalue weighted by atomic mass is 32.1. The zero-order valence-corrected chi connectivity index (χ0v) is 15.8. The van der Waals surface area contributed by atoms with Crippen molar-refractivity contribution >= 4 is 33.1 Å². The van der Waals surface area contributed by atoms with Gasteiger partial charge in [-0.1, -0.05) is 53.8 Å². The van der Waals surface area contributed by atoms with Gasteiger partial charge in [-0.3, -0.25) is 4.79 Å². The van der Waals surface area contributed by atoms with Crippen LogP contribution in [0.25, 0.3) is 33.2 Å². The smallest absolute Gasteiger partial charge is 0.291 e. The Morgan fingerprint density at radius 1 is 1.00 bits per heavy atom. The highest BCUT2D eigenvalue weighted by Crippen LogP contribution is 2.21. The summed E-state index contributed by atoms with van der Waals surface area (Å²) in [4.78, 5) is 18.0. The number of methoxy groups -OCH3 is 1. The summed E-state index contributed by atoms with van der Waals surface area (Å²) in [5, 5.41) is 6.66. The van der Waals surface area contributed by atoms with E-state index in [2.05, 4.69) is 28.3 Å². The van der Waals surface area contributed by atoms with Crippen LogP contribution in [0.4, 0.5) is 0 Å². The number of hydrogen-bond donors (Lipinski definition) is 0. The third-order valence-corrected chi connectivity index (χ3v) is 5.60. The molecule has 0 aliphatic carbocycles. The van der Waals surface area contributed by atoms with Crippen LogP contribution < -0.4 is 14.8 Å². The molecule has 0 unspecified atom stereocenters. The number of ether oxygens (including phenoxy) is 1. The fourth-order valence-electron chi connectivity index (χ4n) is 3.21. The Kier molecular flexibility index (Phi) is 3.91. The van der Waals surface area contributed by atoms with Gasteiger partial charge in [0.1, 0.15) is 5.75 Å². The minimum absolute atomic E-state index is 0.153. The van der Waals surface area contributed by atoms with Crippen LogP contribution in [0.1, 0.15) is 5.56 Å². The zero-order valence-electron chi connectivity index (χ0n) is 15.0. The monoisotopic (exact) mass is 385 g/mol. The van der Waals surface area contributed by atoms with Gasteiger partial charge in [0.25, 0.3) is 5.56 Å². The molecule has 136 valence electrons. The Balaban J connectivity index is 1.62. The van der Waals surface area contributed by atoms with Crippen LogP contribution in [0, 0.1) is 0 Å². The van der Waals surface area contributed by atoms with Crippen molar-refractivity contribution in [1.82, 2.24) is 14.6 Å². The van der Waals surface area contributed by atoms with Gasteiger partial charge in [-0.25, -0.2) is 0 Å². The van der Waals surface area contributed by atoms with Crippen molar-refractivity contribution in [3.8, 4) is 17.1 Å². The molecule has 3 aromatic carbocycles. The second kappa shape index (κ2) is 6.58. The van der Waals surface area contributed by atoms with E-state index in [1.165, 1.54) is 15.9 Å². The van der Waals surface area contributed by atoms with Crippen molar-refractivity contribution in [1.29, 1.82) is 0 Å². The van der Waals surface area contributed by atoms with Crippen LogP contribution in [-0.2, 0) is 0 Å². The predicted octanol–water partition coefficient (Wildman–Crippen LogP) is 3.53. The molecule has 28 heavy (non-hydrogen) atoms. The van der Waals surface area contributed by atoms with Crippen LogP contribution in [0.5, 0.6) is 5.75 Å². The third kappa shape index (κ3) is 2.75. The van der Waals surface area contributed by atoms with E-state index >= 15 is 0 Å². The van der Waals surface area contributed by atoms with E-state index in [-0.39, 0.29) is 5.56 Å². The summed E-state index contributed by atoms with van der Waals surface area (Å²) in [6.45, 7) is 0. The SMILES string of the molecule is COc1ccc(-c2nc3s/c(=C/c4cccc5ccccc45)c(=O)n3n2)cc1. The van der Waals surface area contributed by atoms with Crippen molar-refractivity contribution in [3.05, 3.63) is 87.2 Å². The van der Waals surface area contributed by atoms with E-state index in [9.17, 15) is 4.79 Å². The first-order chi connectivity index (χ1) is 13.7.